The Morgan fingerprint density at radius 2 is 1.06 bits per heavy atom. The van der Waals surface area contributed by atoms with Crippen LogP contribution in [-0.2, 0) is 29.2 Å². The molecule has 11 heteroatoms. The summed E-state index contributed by atoms with van der Waals surface area (Å²) in [6.45, 7) is 2.22. The van der Waals surface area contributed by atoms with E-state index in [0.29, 0.717) is 45.4 Å². The van der Waals surface area contributed by atoms with Crippen molar-refractivity contribution in [2.45, 2.75) is 52.2 Å². The van der Waals surface area contributed by atoms with E-state index in [9.17, 15) is 24.0 Å². The van der Waals surface area contributed by atoms with E-state index in [-0.39, 0.29) is 24.3 Å². The Bertz CT molecular complexity index is 2090. The summed E-state index contributed by atoms with van der Waals surface area (Å²) >= 11 is 0. The highest BCUT2D eigenvalue weighted by molar-refractivity contribution is 6.40. The fourth-order valence-corrected chi connectivity index (χ4v) is 5.45. The molecule has 0 spiro atoms. The second kappa shape index (κ2) is 18.7. The van der Waals surface area contributed by atoms with Crippen molar-refractivity contribution in [1.29, 1.82) is 0 Å². The number of aryl methyl sites for hydroxylation is 1. The molecule has 0 atom stereocenters. The molecule has 5 rings (SSSR count). The third kappa shape index (κ3) is 10.9. The summed E-state index contributed by atoms with van der Waals surface area (Å²) in [5.74, 6) is -3.54. The van der Waals surface area contributed by atoms with E-state index in [2.05, 4.69) is 24.4 Å². The van der Waals surface area contributed by atoms with Crippen molar-refractivity contribution >= 4 is 35.1 Å². The molecule has 0 saturated heterocycles. The van der Waals surface area contributed by atoms with Crippen LogP contribution in [0.3, 0.4) is 0 Å². The van der Waals surface area contributed by atoms with E-state index >= 15 is 0 Å². The minimum atomic E-state index is -1.56. The lowest BCUT2D eigenvalue weighted by molar-refractivity contribution is -0.132. The topological polar surface area (TPSA) is 166 Å². The number of benzene rings is 5. The molecular weight excluding hydrogens is 690 g/mol. The number of hydrogen-bond acceptors (Lipinski definition) is 8. The van der Waals surface area contributed by atoms with Crippen molar-refractivity contribution in [1.82, 2.24) is 0 Å². The summed E-state index contributed by atoms with van der Waals surface area (Å²) in [5.41, 5.74) is 3.29. The smallest absolute Gasteiger partial charge is 0.377 e. The molecule has 0 radical (unpaired) electrons. The third-order valence-corrected chi connectivity index (χ3v) is 8.43. The van der Waals surface area contributed by atoms with Gasteiger partial charge >= 0.3 is 11.9 Å². The number of ether oxygens (including phenoxy) is 3. The van der Waals surface area contributed by atoms with Crippen LogP contribution in [0.15, 0.2) is 115 Å². The van der Waals surface area contributed by atoms with Crippen LogP contribution in [0, 0.1) is 0 Å². The van der Waals surface area contributed by atoms with Crippen molar-refractivity contribution < 1.29 is 48.4 Å². The average molecular weight is 730 g/mol. The van der Waals surface area contributed by atoms with Gasteiger partial charge in [0.1, 0.15) is 36.2 Å². The van der Waals surface area contributed by atoms with Gasteiger partial charge in [0.25, 0.3) is 17.5 Å². The first-order valence-corrected chi connectivity index (χ1v) is 17.4. The lowest BCUT2D eigenvalue weighted by Crippen LogP contribution is -2.16. The number of nitrogens with one attached hydrogen (secondary N) is 1. The van der Waals surface area contributed by atoms with Crippen molar-refractivity contribution in [2.75, 3.05) is 5.32 Å². The number of ketones is 2. The molecule has 5 aromatic rings. The van der Waals surface area contributed by atoms with E-state index < -0.39 is 29.4 Å². The van der Waals surface area contributed by atoms with Gasteiger partial charge in [0.05, 0.1) is 0 Å². The molecule has 0 aromatic heterocycles. The maximum Gasteiger partial charge on any atom is 0.377 e. The van der Waals surface area contributed by atoms with Crippen LogP contribution in [0.5, 0.6) is 23.0 Å². The van der Waals surface area contributed by atoms with Gasteiger partial charge in [-0.2, -0.15) is 0 Å². The van der Waals surface area contributed by atoms with E-state index in [1.165, 1.54) is 73.4 Å². The van der Waals surface area contributed by atoms with Gasteiger partial charge in [-0.25, -0.2) is 9.59 Å². The van der Waals surface area contributed by atoms with Gasteiger partial charge in [0, 0.05) is 27.9 Å². The van der Waals surface area contributed by atoms with E-state index in [4.69, 9.17) is 24.4 Å². The molecular formula is C43H39NO10. The quantitative estimate of drug-likeness (QED) is 0.0426. The number of anilines is 1. The molecule has 54 heavy (non-hydrogen) atoms. The molecule has 11 nitrogen and oxygen atoms in total. The Kier molecular flexibility index (Phi) is 13.3. The van der Waals surface area contributed by atoms with E-state index in [1.807, 2.05) is 12.1 Å². The zero-order valence-corrected chi connectivity index (χ0v) is 29.6. The third-order valence-electron chi connectivity index (χ3n) is 8.43. The first kappa shape index (κ1) is 38.5. The molecule has 0 saturated carbocycles. The van der Waals surface area contributed by atoms with Crippen LogP contribution in [0.4, 0.5) is 5.69 Å². The number of Topliss-reactive ketones (excluding diaryl/α,β-unsaturated/α-hetero) is 2. The van der Waals surface area contributed by atoms with Gasteiger partial charge < -0.3 is 29.7 Å². The molecule has 0 bridgehead atoms. The van der Waals surface area contributed by atoms with Crippen molar-refractivity contribution in [3.63, 3.8) is 0 Å². The summed E-state index contributed by atoms with van der Waals surface area (Å²) in [7, 11) is 0. The Morgan fingerprint density at radius 3 is 1.59 bits per heavy atom. The predicted octanol–water partition coefficient (Wildman–Crippen LogP) is 8.55. The summed E-state index contributed by atoms with van der Waals surface area (Å²) in [5, 5.41) is 20.8. The second-order valence-electron chi connectivity index (χ2n) is 12.4. The number of hydrogen-bond donors (Lipinski definition) is 3. The molecule has 5 aromatic carbocycles. The number of carbonyl (C=O) groups excluding carboxylic acids is 3. The average Bonchev–Trinajstić information content (AvgIpc) is 3.19. The minimum absolute atomic E-state index is 0.00452. The monoisotopic (exact) mass is 729 g/mol. The molecule has 276 valence electrons. The standard InChI is InChI=1S/C43H39NO10/c1-2-3-4-5-6-28-8-17-36(18-9-28)54-37-23-15-33(16-24-37)44-41(47)38-25-29(26-52-34-19-11-30(12-20-34)39(45)42(48)49)7-10-32(38)27-53-35-21-13-31(14-22-35)40(46)43(50)51/h7-25H,2-6,26-27H2,1H3,(H,44,47)(H,48,49)(H,50,51). The van der Waals surface area contributed by atoms with Gasteiger partial charge in [-0.3, -0.25) is 14.4 Å². The summed E-state index contributed by atoms with van der Waals surface area (Å²) in [4.78, 5) is 59.2. The molecule has 0 heterocycles. The Hall–Kier alpha value is -6.75. The van der Waals surface area contributed by atoms with Crippen molar-refractivity contribution in [3.8, 4) is 23.0 Å². The Labute approximate surface area is 312 Å². The van der Waals surface area contributed by atoms with Crippen LogP contribution >= 0.6 is 0 Å². The summed E-state index contributed by atoms with van der Waals surface area (Å²) in [6.07, 6.45) is 5.87. The number of carbonyl (C=O) groups is 5. The van der Waals surface area contributed by atoms with Crippen LogP contribution in [0.25, 0.3) is 0 Å². The molecule has 0 aliphatic rings. The second-order valence-corrected chi connectivity index (χ2v) is 12.4. The molecule has 0 unspecified atom stereocenters. The summed E-state index contributed by atoms with van der Waals surface area (Å²) in [6, 6.07) is 31.5. The van der Waals surface area contributed by atoms with Crippen molar-refractivity contribution in [2.24, 2.45) is 0 Å². The number of carboxylic acid groups (broad SMARTS) is 2. The van der Waals surface area contributed by atoms with E-state index in [1.54, 1.807) is 42.5 Å². The van der Waals surface area contributed by atoms with Gasteiger partial charge in [-0.1, -0.05) is 50.5 Å². The van der Waals surface area contributed by atoms with Crippen LogP contribution in [0.2, 0.25) is 0 Å². The first-order chi connectivity index (χ1) is 26.1. The zero-order chi connectivity index (χ0) is 38.5. The fourth-order valence-electron chi connectivity index (χ4n) is 5.45. The van der Waals surface area contributed by atoms with Crippen LogP contribution in [-0.4, -0.2) is 39.6 Å². The van der Waals surface area contributed by atoms with Gasteiger partial charge in [0.2, 0.25) is 0 Å². The largest absolute Gasteiger partial charge is 0.489 e. The van der Waals surface area contributed by atoms with Crippen LogP contribution < -0.4 is 19.5 Å². The highest BCUT2D eigenvalue weighted by atomic mass is 16.5. The van der Waals surface area contributed by atoms with E-state index in [0.717, 1.165) is 12.8 Å². The zero-order valence-electron chi connectivity index (χ0n) is 29.6. The Morgan fingerprint density at radius 1 is 0.556 bits per heavy atom. The summed E-state index contributed by atoms with van der Waals surface area (Å²) < 4.78 is 17.8. The molecule has 0 aliphatic heterocycles. The lowest BCUT2D eigenvalue weighted by atomic mass is 10.0. The minimum Gasteiger partial charge on any atom is -0.489 e. The lowest BCUT2D eigenvalue weighted by Gasteiger charge is -2.15. The number of carboxylic acids is 2. The van der Waals surface area contributed by atoms with Crippen molar-refractivity contribution in [3.05, 3.63) is 149 Å². The number of amides is 1. The SMILES string of the molecule is CCCCCCc1ccc(Oc2ccc(NC(=O)c3cc(COc4ccc(C(=O)C(=O)O)cc4)ccc3COc3ccc(C(=O)C(=O)O)cc3)cc2)cc1. The predicted molar refractivity (Wildman–Crippen MR) is 201 cm³/mol. The highest BCUT2D eigenvalue weighted by Gasteiger charge is 2.17. The molecule has 3 N–H and O–H groups in total. The number of aliphatic carboxylic acids is 2. The molecule has 1 amide bonds. The molecule has 0 aliphatic carbocycles. The molecule has 0 fully saturated rings. The normalized spacial score (nSPS) is 10.6. The maximum absolute atomic E-state index is 13.7. The van der Waals surface area contributed by atoms with Crippen LogP contribution in [0.1, 0.15) is 80.4 Å². The highest BCUT2D eigenvalue weighted by Crippen LogP contribution is 2.26. The first-order valence-electron chi connectivity index (χ1n) is 17.4. The number of rotatable bonds is 19. The fraction of sp³-hybridized carbons (Fsp3) is 0.186. The number of unbranched alkanes of at least 4 members (excludes halogenated alkanes) is 3. The van der Waals surface area contributed by atoms with Gasteiger partial charge in [-0.15, -0.1) is 0 Å². The Balaban J connectivity index is 1.27. The maximum atomic E-state index is 13.7. The van der Waals surface area contributed by atoms with Gasteiger partial charge in [-0.05, 0) is 115 Å². The van der Waals surface area contributed by atoms with Gasteiger partial charge in [0.15, 0.2) is 0 Å².